The molecule has 0 saturated carbocycles. The van der Waals surface area contributed by atoms with Crippen molar-refractivity contribution in [3.05, 3.63) is 72.1 Å². The van der Waals surface area contributed by atoms with Gasteiger partial charge < -0.3 is 4.98 Å². The second-order valence-electron chi connectivity index (χ2n) is 6.80. The first kappa shape index (κ1) is 17.0. The van der Waals surface area contributed by atoms with Crippen LogP contribution in [-0.2, 0) is 0 Å². The molecule has 0 saturated heterocycles. The third kappa shape index (κ3) is 2.69. The quantitative estimate of drug-likeness (QED) is 0.406. The fourth-order valence-corrected chi connectivity index (χ4v) is 4.30. The van der Waals surface area contributed by atoms with Crippen molar-refractivity contribution in [1.29, 1.82) is 0 Å². The normalized spacial score (nSPS) is 11.5. The van der Waals surface area contributed by atoms with Gasteiger partial charge in [-0.25, -0.2) is 9.97 Å². The van der Waals surface area contributed by atoms with Crippen LogP contribution in [0.25, 0.3) is 55.3 Å². The lowest BCUT2D eigenvalue weighted by atomic mass is 10.1. The zero-order valence-corrected chi connectivity index (χ0v) is 16.2. The third-order valence-corrected chi connectivity index (χ3v) is 5.85. The van der Waals surface area contributed by atoms with Crippen LogP contribution in [0, 0.1) is 5.13 Å². The van der Waals surface area contributed by atoms with E-state index >= 15 is 0 Å². The summed E-state index contributed by atoms with van der Waals surface area (Å²) in [5, 5.41) is 7.25. The highest BCUT2D eigenvalue weighted by molar-refractivity contribution is 7.14. The maximum absolute atomic E-state index is 13.6. The van der Waals surface area contributed by atoms with E-state index < -0.39 is 0 Å². The molecule has 6 nitrogen and oxygen atoms in total. The fraction of sp³-hybridized carbons (Fsp3) is 0. The molecule has 0 atom stereocenters. The summed E-state index contributed by atoms with van der Waals surface area (Å²) in [6, 6.07) is 16.8. The highest BCUT2D eigenvalue weighted by Gasteiger charge is 2.17. The van der Waals surface area contributed by atoms with E-state index in [-0.39, 0.29) is 5.13 Å². The molecule has 0 bridgehead atoms. The molecule has 0 radical (unpaired) electrons. The highest BCUT2D eigenvalue weighted by Crippen LogP contribution is 2.34. The number of hydrogen-bond acceptors (Lipinski definition) is 5. The number of hydrogen-bond donors (Lipinski definition) is 2. The van der Waals surface area contributed by atoms with Crippen molar-refractivity contribution in [1.82, 2.24) is 30.1 Å². The fourth-order valence-electron chi connectivity index (χ4n) is 3.54. The number of aromatic amines is 2. The van der Waals surface area contributed by atoms with Gasteiger partial charge in [-0.3, -0.25) is 10.1 Å². The molecule has 0 unspecified atom stereocenters. The van der Waals surface area contributed by atoms with Gasteiger partial charge in [-0.2, -0.15) is 9.49 Å². The number of pyridine rings is 2. The van der Waals surface area contributed by atoms with Gasteiger partial charge in [0.15, 0.2) is 16.6 Å². The Balaban J connectivity index is 1.52. The standard InChI is InChI=1S/C22H13FN6S/c23-18-9-8-17(30-18)13-4-1-5-15-19(13)27-22(26-15)21-20-16(28-29-21)7-6-14(25-20)12-3-2-10-24-11-12/h1-11H,(H,26,27)(H,28,29). The molecule has 144 valence electrons. The topological polar surface area (TPSA) is 83.1 Å². The van der Waals surface area contributed by atoms with E-state index in [2.05, 4.69) is 20.2 Å². The number of benzene rings is 1. The average Bonchev–Trinajstić information content (AvgIpc) is 3.51. The van der Waals surface area contributed by atoms with Crippen LogP contribution in [0.3, 0.4) is 0 Å². The van der Waals surface area contributed by atoms with Gasteiger partial charge >= 0.3 is 0 Å². The minimum atomic E-state index is -0.219. The number of halogens is 1. The first-order valence-electron chi connectivity index (χ1n) is 9.26. The first-order valence-corrected chi connectivity index (χ1v) is 10.1. The summed E-state index contributed by atoms with van der Waals surface area (Å²) in [5.74, 6) is 0.608. The largest absolute Gasteiger partial charge is 0.336 e. The minimum Gasteiger partial charge on any atom is -0.336 e. The second kappa shape index (κ2) is 6.57. The second-order valence-corrected chi connectivity index (χ2v) is 7.83. The molecule has 0 amide bonds. The molecule has 30 heavy (non-hydrogen) atoms. The van der Waals surface area contributed by atoms with E-state index in [1.807, 2.05) is 42.5 Å². The Bertz CT molecular complexity index is 1520. The SMILES string of the molecule is Fc1ccc(-c2cccc3[nH]c(-c4n[nH]c5ccc(-c6cccnc6)nc45)nc23)s1. The maximum Gasteiger partial charge on any atom is 0.176 e. The van der Waals surface area contributed by atoms with Gasteiger partial charge in [-0.15, -0.1) is 11.3 Å². The van der Waals surface area contributed by atoms with Crippen LogP contribution in [0.1, 0.15) is 0 Å². The van der Waals surface area contributed by atoms with Crippen molar-refractivity contribution in [3.63, 3.8) is 0 Å². The molecule has 0 spiro atoms. The molecule has 8 heteroatoms. The van der Waals surface area contributed by atoms with Crippen molar-refractivity contribution in [2.45, 2.75) is 0 Å². The van der Waals surface area contributed by atoms with Gasteiger partial charge in [0.25, 0.3) is 0 Å². The Kier molecular flexibility index (Phi) is 3.72. The van der Waals surface area contributed by atoms with E-state index in [1.54, 1.807) is 18.5 Å². The summed E-state index contributed by atoms with van der Waals surface area (Å²) in [6.45, 7) is 0. The van der Waals surface area contributed by atoms with E-state index in [9.17, 15) is 4.39 Å². The number of para-hydroxylation sites is 1. The Morgan fingerprint density at radius 2 is 1.83 bits per heavy atom. The Hall–Kier alpha value is -3.91. The number of fused-ring (bicyclic) bond motifs is 2. The van der Waals surface area contributed by atoms with Gasteiger partial charge in [-0.05, 0) is 42.5 Å². The smallest absolute Gasteiger partial charge is 0.176 e. The van der Waals surface area contributed by atoms with E-state index in [0.717, 1.165) is 55.1 Å². The monoisotopic (exact) mass is 412 g/mol. The van der Waals surface area contributed by atoms with Crippen molar-refractivity contribution < 1.29 is 4.39 Å². The van der Waals surface area contributed by atoms with Gasteiger partial charge in [0.2, 0.25) is 0 Å². The number of thiophene rings is 1. The third-order valence-electron chi connectivity index (χ3n) is 4.94. The molecule has 2 N–H and O–H groups in total. The molecule has 0 fully saturated rings. The van der Waals surface area contributed by atoms with Gasteiger partial charge in [0.1, 0.15) is 5.52 Å². The molecule has 5 aromatic heterocycles. The summed E-state index contributed by atoms with van der Waals surface area (Å²) >= 11 is 1.10. The van der Waals surface area contributed by atoms with Crippen molar-refractivity contribution in [3.8, 4) is 33.2 Å². The van der Waals surface area contributed by atoms with Crippen LogP contribution in [0.2, 0.25) is 0 Å². The Morgan fingerprint density at radius 3 is 2.67 bits per heavy atom. The van der Waals surface area contributed by atoms with E-state index in [1.165, 1.54) is 6.07 Å². The molecule has 6 aromatic rings. The number of rotatable bonds is 3. The summed E-state index contributed by atoms with van der Waals surface area (Å²) in [4.78, 5) is 17.9. The predicted molar refractivity (Wildman–Crippen MR) is 115 cm³/mol. The van der Waals surface area contributed by atoms with Crippen LogP contribution in [0.4, 0.5) is 4.39 Å². The summed E-state index contributed by atoms with van der Waals surface area (Å²) in [5.41, 5.74) is 6.42. The van der Waals surface area contributed by atoms with Crippen LogP contribution in [0.15, 0.2) is 67.0 Å². The Morgan fingerprint density at radius 1 is 0.867 bits per heavy atom. The molecule has 0 aliphatic rings. The zero-order chi connectivity index (χ0) is 20.1. The zero-order valence-electron chi connectivity index (χ0n) is 15.4. The number of aromatic nitrogens is 6. The predicted octanol–water partition coefficient (Wildman–Crippen LogP) is 5.43. The van der Waals surface area contributed by atoms with E-state index in [0.29, 0.717) is 11.5 Å². The van der Waals surface area contributed by atoms with E-state index in [4.69, 9.17) is 9.97 Å². The van der Waals surface area contributed by atoms with Crippen molar-refractivity contribution >= 4 is 33.4 Å². The molecule has 6 rings (SSSR count). The molecular weight excluding hydrogens is 399 g/mol. The summed E-state index contributed by atoms with van der Waals surface area (Å²) in [6.07, 6.45) is 3.51. The lowest BCUT2D eigenvalue weighted by molar-refractivity contribution is 0.657. The highest BCUT2D eigenvalue weighted by atomic mass is 32.1. The van der Waals surface area contributed by atoms with Gasteiger partial charge in [0, 0.05) is 28.4 Å². The summed E-state index contributed by atoms with van der Waals surface area (Å²) < 4.78 is 13.6. The van der Waals surface area contributed by atoms with Gasteiger partial charge in [0.05, 0.1) is 22.2 Å². The number of nitrogens with one attached hydrogen (secondary N) is 2. The van der Waals surface area contributed by atoms with Crippen LogP contribution in [-0.4, -0.2) is 30.1 Å². The number of nitrogens with zero attached hydrogens (tertiary/aromatic N) is 4. The molecule has 0 aliphatic heterocycles. The minimum absolute atomic E-state index is 0.219. The lowest BCUT2D eigenvalue weighted by Gasteiger charge is -2.00. The molecule has 0 aliphatic carbocycles. The molecule has 1 aromatic carbocycles. The van der Waals surface area contributed by atoms with Crippen molar-refractivity contribution in [2.75, 3.05) is 0 Å². The van der Waals surface area contributed by atoms with Crippen LogP contribution >= 0.6 is 11.3 Å². The maximum atomic E-state index is 13.6. The number of imidazole rings is 1. The first-order chi connectivity index (χ1) is 14.8. The van der Waals surface area contributed by atoms with Crippen LogP contribution in [0.5, 0.6) is 0 Å². The number of H-pyrrole nitrogens is 2. The van der Waals surface area contributed by atoms with Crippen LogP contribution < -0.4 is 0 Å². The lowest BCUT2D eigenvalue weighted by Crippen LogP contribution is -1.87. The summed E-state index contributed by atoms with van der Waals surface area (Å²) in [7, 11) is 0. The van der Waals surface area contributed by atoms with Crippen molar-refractivity contribution in [2.24, 2.45) is 0 Å². The molecular formula is C22H13FN6S. The molecule has 5 heterocycles. The average molecular weight is 412 g/mol. The van der Waals surface area contributed by atoms with Gasteiger partial charge in [-0.1, -0.05) is 12.1 Å². The Labute approximate surface area is 173 Å².